The Hall–Kier alpha value is -1.28. The molecule has 1 aromatic heterocycles. The van der Waals surface area contributed by atoms with Crippen LogP contribution in [0.3, 0.4) is 0 Å². The van der Waals surface area contributed by atoms with Crippen LogP contribution < -0.4 is 11.0 Å². The van der Waals surface area contributed by atoms with Crippen molar-refractivity contribution in [3.8, 4) is 0 Å². The average Bonchev–Trinajstić information content (AvgIpc) is 2.50. The highest BCUT2D eigenvalue weighted by Crippen LogP contribution is 2.35. The molecule has 92 valence electrons. The molecule has 0 N–H and O–H groups in total. The number of aromatic nitrogens is 2. The first kappa shape index (κ1) is 12.2. The Kier molecular flexibility index (Phi) is 2.78. The van der Waals surface area contributed by atoms with Gasteiger partial charge in [0.15, 0.2) is 0 Å². The minimum absolute atomic E-state index is 0.0262. The molecule has 0 spiro atoms. The summed E-state index contributed by atoms with van der Waals surface area (Å²) in [5.41, 5.74) is 1.72. The third kappa shape index (κ3) is 1.87. The van der Waals surface area contributed by atoms with Gasteiger partial charge in [-0.1, -0.05) is 0 Å². The molecular formula is C12H17N2O2P. The van der Waals surface area contributed by atoms with Crippen LogP contribution in [0.1, 0.15) is 6.92 Å². The Morgan fingerprint density at radius 1 is 1.24 bits per heavy atom. The van der Waals surface area contributed by atoms with Crippen molar-refractivity contribution < 1.29 is 4.57 Å². The van der Waals surface area contributed by atoms with Gasteiger partial charge in [0.25, 0.3) is 0 Å². The summed E-state index contributed by atoms with van der Waals surface area (Å²) in [6, 6.07) is 5.60. The molecule has 0 atom stereocenters. The first-order chi connectivity index (χ1) is 7.86. The predicted molar refractivity (Wildman–Crippen MR) is 71.9 cm³/mol. The second-order valence-electron chi connectivity index (χ2n) is 4.61. The van der Waals surface area contributed by atoms with Crippen LogP contribution >= 0.6 is 7.14 Å². The molecule has 5 heteroatoms. The number of hydrogen-bond acceptors (Lipinski definition) is 2. The van der Waals surface area contributed by atoms with E-state index in [0.29, 0.717) is 6.54 Å². The summed E-state index contributed by atoms with van der Waals surface area (Å²) in [4.78, 5) is 11.9. The largest absolute Gasteiger partial charge is 0.328 e. The Morgan fingerprint density at radius 3 is 2.41 bits per heavy atom. The summed E-state index contributed by atoms with van der Waals surface area (Å²) in [5, 5.41) is 0.817. The van der Waals surface area contributed by atoms with E-state index in [4.69, 9.17) is 0 Å². The molecule has 0 fully saturated rings. The Labute approximate surface area is 100 Å². The van der Waals surface area contributed by atoms with Crippen molar-refractivity contribution in [3.05, 3.63) is 28.7 Å². The van der Waals surface area contributed by atoms with Crippen molar-refractivity contribution in [1.29, 1.82) is 0 Å². The summed E-state index contributed by atoms with van der Waals surface area (Å²) in [6.45, 7) is 6.04. The van der Waals surface area contributed by atoms with Crippen molar-refractivity contribution in [2.45, 2.75) is 13.5 Å². The number of benzene rings is 1. The van der Waals surface area contributed by atoms with Gasteiger partial charge in [0.1, 0.15) is 7.14 Å². The highest BCUT2D eigenvalue weighted by atomic mass is 31.2. The molecule has 17 heavy (non-hydrogen) atoms. The minimum Gasteiger partial charge on any atom is -0.319 e. The zero-order valence-corrected chi connectivity index (χ0v) is 11.5. The van der Waals surface area contributed by atoms with Gasteiger partial charge in [-0.3, -0.25) is 9.13 Å². The highest BCUT2D eigenvalue weighted by Gasteiger charge is 2.15. The van der Waals surface area contributed by atoms with Crippen LogP contribution in [0.4, 0.5) is 0 Å². The highest BCUT2D eigenvalue weighted by molar-refractivity contribution is 7.70. The lowest BCUT2D eigenvalue weighted by atomic mass is 10.3. The van der Waals surface area contributed by atoms with Crippen LogP contribution in [0.15, 0.2) is 23.0 Å². The maximum atomic E-state index is 12.1. The molecule has 0 aliphatic rings. The predicted octanol–water partition coefficient (Wildman–Crippen LogP) is 1.61. The number of rotatable bonds is 2. The van der Waals surface area contributed by atoms with Gasteiger partial charge in [0.05, 0.1) is 11.0 Å². The molecule has 0 aliphatic carbocycles. The first-order valence-corrected chi connectivity index (χ1v) is 8.21. The fraction of sp³-hybridized carbons (Fsp3) is 0.417. The van der Waals surface area contributed by atoms with Crippen molar-refractivity contribution >= 4 is 23.5 Å². The lowest BCUT2D eigenvalue weighted by Gasteiger charge is -2.07. The number of imidazole rings is 1. The van der Waals surface area contributed by atoms with Gasteiger partial charge in [-0.2, -0.15) is 0 Å². The molecule has 4 nitrogen and oxygen atoms in total. The van der Waals surface area contributed by atoms with Crippen LogP contribution in [0.25, 0.3) is 11.0 Å². The Balaban J connectivity index is 2.86. The fourth-order valence-corrected chi connectivity index (χ4v) is 2.91. The third-order valence-electron chi connectivity index (χ3n) is 3.07. The molecule has 0 amide bonds. The molecule has 1 heterocycles. The molecule has 0 aliphatic heterocycles. The van der Waals surface area contributed by atoms with Crippen LogP contribution in [0, 0.1) is 0 Å². The van der Waals surface area contributed by atoms with E-state index in [-0.39, 0.29) is 5.69 Å². The van der Waals surface area contributed by atoms with Crippen molar-refractivity contribution in [3.63, 3.8) is 0 Å². The number of hydrogen-bond donors (Lipinski definition) is 0. The van der Waals surface area contributed by atoms with E-state index in [1.54, 1.807) is 29.5 Å². The zero-order chi connectivity index (χ0) is 12.8. The van der Waals surface area contributed by atoms with E-state index < -0.39 is 7.14 Å². The average molecular weight is 252 g/mol. The molecule has 0 bridgehead atoms. The monoisotopic (exact) mass is 252 g/mol. The normalized spacial score (nSPS) is 12.2. The van der Waals surface area contributed by atoms with E-state index in [0.717, 1.165) is 16.3 Å². The quantitative estimate of drug-likeness (QED) is 0.762. The maximum Gasteiger partial charge on any atom is 0.328 e. The van der Waals surface area contributed by atoms with Gasteiger partial charge in [0.2, 0.25) is 0 Å². The lowest BCUT2D eigenvalue weighted by molar-refractivity contribution is 0.588. The zero-order valence-electron chi connectivity index (χ0n) is 10.6. The first-order valence-electron chi connectivity index (χ1n) is 5.61. The molecule has 1 aromatic carbocycles. The van der Waals surface area contributed by atoms with Crippen LogP contribution in [0.2, 0.25) is 0 Å². The lowest BCUT2D eigenvalue weighted by Crippen LogP contribution is -2.21. The smallest absolute Gasteiger partial charge is 0.319 e. The van der Waals surface area contributed by atoms with E-state index in [2.05, 4.69) is 0 Å². The van der Waals surface area contributed by atoms with Crippen molar-refractivity contribution in [1.82, 2.24) is 9.13 Å². The van der Waals surface area contributed by atoms with E-state index in [9.17, 15) is 9.36 Å². The maximum absolute atomic E-state index is 12.1. The summed E-state index contributed by atoms with van der Waals surface area (Å²) < 4.78 is 15.4. The number of fused-ring (bicyclic) bond motifs is 1. The SMILES string of the molecule is CCn1c(=O)n(C)c2ccc(P(C)(C)=O)cc21. The van der Waals surface area contributed by atoms with E-state index in [1.165, 1.54) is 0 Å². The molecular weight excluding hydrogens is 235 g/mol. The fourth-order valence-electron chi connectivity index (χ4n) is 2.04. The Bertz CT molecular complexity index is 676. The summed E-state index contributed by atoms with van der Waals surface area (Å²) in [7, 11) is -0.525. The van der Waals surface area contributed by atoms with Gasteiger partial charge in [-0.15, -0.1) is 0 Å². The third-order valence-corrected chi connectivity index (χ3v) is 4.59. The number of aryl methyl sites for hydroxylation is 2. The van der Waals surface area contributed by atoms with Gasteiger partial charge in [-0.05, 0) is 38.5 Å². The number of nitrogens with zero attached hydrogens (tertiary/aromatic N) is 2. The summed E-state index contributed by atoms with van der Waals surface area (Å²) in [6.07, 6.45) is 0. The second-order valence-corrected chi connectivity index (χ2v) is 7.83. The molecule has 0 unspecified atom stereocenters. The van der Waals surface area contributed by atoms with Crippen molar-refractivity contribution in [2.75, 3.05) is 13.3 Å². The molecule has 2 aromatic rings. The molecule has 0 saturated heterocycles. The van der Waals surface area contributed by atoms with E-state index >= 15 is 0 Å². The Morgan fingerprint density at radius 2 is 1.88 bits per heavy atom. The topological polar surface area (TPSA) is 44.0 Å². The van der Waals surface area contributed by atoms with Gasteiger partial charge >= 0.3 is 5.69 Å². The van der Waals surface area contributed by atoms with Crippen LogP contribution in [-0.4, -0.2) is 22.5 Å². The summed E-state index contributed by atoms with van der Waals surface area (Å²) in [5.74, 6) is 0. The molecule has 0 saturated carbocycles. The standard InChI is InChI=1S/C12H17N2O2P/c1-5-14-11-8-9(17(3,4)16)6-7-10(11)13(2)12(14)15/h6-8H,5H2,1-4H3. The second kappa shape index (κ2) is 3.88. The molecule has 2 rings (SSSR count). The van der Waals surface area contributed by atoms with Gasteiger partial charge in [0, 0.05) is 18.9 Å². The van der Waals surface area contributed by atoms with Crippen molar-refractivity contribution in [2.24, 2.45) is 7.05 Å². The van der Waals surface area contributed by atoms with E-state index in [1.807, 2.05) is 25.1 Å². The molecule has 0 radical (unpaired) electrons. The van der Waals surface area contributed by atoms with Gasteiger partial charge in [-0.25, -0.2) is 4.79 Å². The minimum atomic E-state index is -2.28. The van der Waals surface area contributed by atoms with Gasteiger partial charge < -0.3 is 4.57 Å². The van der Waals surface area contributed by atoms with Crippen LogP contribution in [0.5, 0.6) is 0 Å². The van der Waals surface area contributed by atoms with Crippen LogP contribution in [-0.2, 0) is 18.2 Å². The summed E-state index contributed by atoms with van der Waals surface area (Å²) >= 11 is 0.